The number of piperidine rings is 1. The van der Waals surface area contributed by atoms with Gasteiger partial charge in [-0.15, -0.1) is 0 Å². The number of rotatable bonds is 8. The van der Waals surface area contributed by atoms with Gasteiger partial charge in [0.15, 0.2) is 0 Å². The molecule has 0 spiro atoms. The highest BCUT2D eigenvalue weighted by molar-refractivity contribution is 6.21. The summed E-state index contributed by atoms with van der Waals surface area (Å²) in [5.41, 5.74) is 3.39. The van der Waals surface area contributed by atoms with Crippen LogP contribution in [0.3, 0.4) is 0 Å². The number of hydrogen-bond donors (Lipinski definition) is 0. The van der Waals surface area contributed by atoms with Crippen LogP contribution in [-0.4, -0.2) is 54.4 Å². The quantitative estimate of drug-likeness (QED) is 0.459. The highest BCUT2D eigenvalue weighted by Gasteiger charge is 2.35. The van der Waals surface area contributed by atoms with Crippen LogP contribution >= 0.6 is 0 Å². The summed E-state index contributed by atoms with van der Waals surface area (Å²) >= 11 is 0. The molecule has 0 aliphatic carbocycles. The minimum atomic E-state index is -0.170. The normalized spacial score (nSPS) is 16.9. The third-order valence-corrected chi connectivity index (χ3v) is 6.93. The first kappa shape index (κ1) is 22.5. The van der Waals surface area contributed by atoms with E-state index in [1.54, 1.807) is 24.3 Å². The molecule has 2 aliphatic rings. The van der Waals surface area contributed by atoms with E-state index in [1.807, 2.05) is 12.1 Å². The van der Waals surface area contributed by atoms with E-state index in [2.05, 4.69) is 53.4 Å². The Morgan fingerprint density at radius 1 is 0.706 bits per heavy atom. The van der Waals surface area contributed by atoms with Crippen LogP contribution in [0.5, 0.6) is 0 Å². The van der Waals surface area contributed by atoms with E-state index in [9.17, 15) is 9.59 Å². The monoisotopic (exact) mass is 454 g/mol. The van der Waals surface area contributed by atoms with Gasteiger partial charge in [0.1, 0.15) is 6.10 Å². The number of hydrogen-bond acceptors (Lipinski definition) is 4. The molecule has 2 amide bonds. The molecule has 1 saturated heterocycles. The summed E-state index contributed by atoms with van der Waals surface area (Å²) in [4.78, 5) is 28.9. The lowest BCUT2D eigenvalue weighted by Gasteiger charge is -2.33. The molecule has 0 aromatic heterocycles. The molecule has 5 heteroatoms. The number of imide groups is 1. The van der Waals surface area contributed by atoms with Gasteiger partial charge >= 0.3 is 0 Å². The van der Waals surface area contributed by atoms with Crippen LogP contribution in [0.25, 0.3) is 0 Å². The SMILES string of the molecule is O=C1c2ccccc2C(=O)N1CCN1CCC(COC(c2ccccc2)c2ccccc2)CC1. The largest absolute Gasteiger partial charge is 0.368 e. The van der Waals surface area contributed by atoms with Crippen molar-refractivity contribution in [3.05, 3.63) is 107 Å². The molecule has 3 aromatic rings. The molecule has 3 aromatic carbocycles. The molecule has 1 fully saturated rings. The van der Waals surface area contributed by atoms with Gasteiger partial charge in [-0.3, -0.25) is 14.5 Å². The molecule has 0 bridgehead atoms. The lowest BCUT2D eigenvalue weighted by atomic mass is 9.97. The highest BCUT2D eigenvalue weighted by Crippen LogP contribution is 2.28. The standard InChI is InChI=1S/C29H30N2O3/c32-28-25-13-7-8-14-26(25)29(33)31(28)20-19-30-17-15-22(16-18-30)21-34-27(23-9-3-1-4-10-23)24-11-5-2-6-12-24/h1-14,22,27H,15-21H2. The highest BCUT2D eigenvalue weighted by atomic mass is 16.5. The maximum Gasteiger partial charge on any atom is 0.261 e. The fourth-order valence-electron chi connectivity index (χ4n) is 4.93. The number of carbonyl (C=O) groups is 2. The molecule has 0 saturated carbocycles. The second kappa shape index (κ2) is 10.3. The molecule has 0 N–H and O–H groups in total. The van der Waals surface area contributed by atoms with E-state index in [0.717, 1.165) is 39.1 Å². The summed E-state index contributed by atoms with van der Waals surface area (Å²) in [6.07, 6.45) is 2.05. The summed E-state index contributed by atoms with van der Waals surface area (Å²) in [5, 5.41) is 0. The first-order chi connectivity index (χ1) is 16.7. The van der Waals surface area contributed by atoms with Gasteiger partial charge in [-0.25, -0.2) is 0 Å². The zero-order valence-corrected chi connectivity index (χ0v) is 19.3. The Morgan fingerprint density at radius 2 is 1.21 bits per heavy atom. The Bertz CT molecular complexity index is 1050. The molecule has 5 nitrogen and oxygen atoms in total. The van der Waals surface area contributed by atoms with Crippen molar-refractivity contribution < 1.29 is 14.3 Å². The van der Waals surface area contributed by atoms with Crippen LogP contribution in [0.15, 0.2) is 84.9 Å². The average Bonchev–Trinajstić information content (AvgIpc) is 3.14. The van der Waals surface area contributed by atoms with Gasteiger partial charge in [-0.2, -0.15) is 0 Å². The van der Waals surface area contributed by atoms with E-state index in [-0.39, 0.29) is 17.9 Å². The van der Waals surface area contributed by atoms with Crippen molar-refractivity contribution in [1.82, 2.24) is 9.80 Å². The van der Waals surface area contributed by atoms with E-state index in [0.29, 0.717) is 23.6 Å². The van der Waals surface area contributed by atoms with Crippen molar-refractivity contribution in [3.8, 4) is 0 Å². The number of amides is 2. The summed E-state index contributed by atoms with van der Waals surface area (Å²) in [6.45, 7) is 3.80. The Morgan fingerprint density at radius 3 is 1.74 bits per heavy atom. The molecule has 174 valence electrons. The van der Waals surface area contributed by atoms with Crippen LogP contribution in [0.2, 0.25) is 0 Å². The molecule has 34 heavy (non-hydrogen) atoms. The molecule has 0 atom stereocenters. The van der Waals surface area contributed by atoms with Crippen molar-refractivity contribution in [3.63, 3.8) is 0 Å². The van der Waals surface area contributed by atoms with Gasteiger partial charge in [-0.05, 0) is 55.1 Å². The summed E-state index contributed by atoms with van der Waals surface area (Å²) in [7, 11) is 0. The lowest BCUT2D eigenvalue weighted by Crippen LogP contribution is -2.42. The Balaban J connectivity index is 1.12. The maximum absolute atomic E-state index is 12.6. The molecule has 5 rings (SSSR count). The Kier molecular flexibility index (Phi) is 6.84. The van der Waals surface area contributed by atoms with Gasteiger partial charge in [0.25, 0.3) is 11.8 Å². The maximum atomic E-state index is 12.6. The summed E-state index contributed by atoms with van der Waals surface area (Å²) < 4.78 is 6.48. The van der Waals surface area contributed by atoms with Gasteiger partial charge in [0, 0.05) is 13.1 Å². The van der Waals surface area contributed by atoms with Crippen molar-refractivity contribution in [2.24, 2.45) is 5.92 Å². The minimum Gasteiger partial charge on any atom is -0.368 e. The number of ether oxygens (including phenoxy) is 1. The summed E-state index contributed by atoms with van der Waals surface area (Å²) in [5.74, 6) is 0.166. The average molecular weight is 455 g/mol. The number of carbonyl (C=O) groups excluding carboxylic acids is 2. The Labute approximate surface area is 201 Å². The molecule has 2 heterocycles. The van der Waals surface area contributed by atoms with E-state index in [1.165, 1.54) is 16.0 Å². The summed E-state index contributed by atoms with van der Waals surface area (Å²) in [6, 6.07) is 27.9. The number of nitrogens with zero attached hydrogens (tertiary/aromatic N) is 2. The predicted octanol–water partition coefficient (Wildman–Crippen LogP) is 4.80. The molecule has 0 radical (unpaired) electrons. The first-order valence-corrected chi connectivity index (χ1v) is 12.1. The van der Waals surface area contributed by atoms with Crippen LogP contribution in [0, 0.1) is 5.92 Å². The number of benzene rings is 3. The third-order valence-electron chi connectivity index (χ3n) is 6.93. The van der Waals surface area contributed by atoms with Crippen molar-refractivity contribution in [2.75, 3.05) is 32.8 Å². The second-order valence-electron chi connectivity index (χ2n) is 9.13. The smallest absolute Gasteiger partial charge is 0.261 e. The molecule has 2 aliphatic heterocycles. The minimum absolute atomic E-state index is 0.0609. The van der Waals surface area contributed by atoms with Crippen molar-refractivity contribution >= 4 is 11.8 Å². The predicted molar refractivity (Wildman–Crippen MR) is 132 cm³/mol. The topological polar surface area (TPSA) is 49.9 Å². The number of fused-ring (bicyclic) bond motifs is 1. The fraction of sp³-hybridized carbons (Fsp3) is 0.310. The molecule has 0 unspecified atom stereocenters. The van der Waals surface area contributed by atoms with E-state index in [4.69, 9.17) is 4.74 Å². The van der Waals surface area contributed by atoms with Gasteiger partial charge in [0.05, 0.1) is 17.7 Å². The first-order valence-electron chi connectivity index (χ1n) is 12.1. The van der Waals surface area contributed by atoms with Crippen molar-refractivity contribution in [1.29, 1.82) is 0 Å². The van der Waals surface area contributed by atoms with Gasteiger partial charge in [-0.1, -0.05) is 72.8 Å². The van der Waals surface area contributed by atoms with Crippen LogP contribution in [0.4, 0.5) is 0 Å². The lowest BCUT2D eigenvalue weighted by molar-refractivity contribution is 0.0297. The van der Waals surface area contributed by atoms with Gasteiger partial charge < -0.3 is 9.64 Å². The third kappa shape index (κ3) is 4.81. The van der Waals surface area contributed by atoms with E-state index < -0.39 is 0 Å². The fourth-order valence-corrected chi connectivity index (χ4v) is 4.93. The van der Waals surface area contributed by atoms with Crippen LogP contribution < -0.4 is 0 Å². The van der Waals surface area contributed by atoms with Crippen LogP contribution in [0.1, 0.15) is 50.8 Å². The zero-order chi connectivity index (χ0) is 23.3. The molecular weight excluding hydrogens is 424 g/mol. The second-order valence-corrected chi connectivity index (χ2v) is 9.13. The van der Waals surface area contributed by atoms with Crippen molar-refractivity contribution in [2.45, 2.75) is 18.9 Å². The zero-order valence-electron chi connectivity index (χ0n) is 19.3. The van der Waals surface area contributed by atoms with Gasteiger partial charge in [0.2, 0.25) is 0 Å². The van der Waals surface area contributed by atoms with Crippen LogP contribution in [-0.2, 0) is 4.74 Å². The van der Waals surface area contributed by atoms with E-state index >= 15 is 0 Å². The Hall–Kier alpha value is -3.28. The number of likely N-dealkylation sites (tertiary alicyclic amines) is 1. The molecular formula is C29H30N2O3.